The molecule has 0 saturated heterocycles. The third-order valence-corrected chi connectivity index (χ3v) is 3.98. The van der Waals surface area contributed by atoms with Crippen LogP contribution in [0.4, 0.5) is 0 Å². The van der Waals surface area contributed by atoms with Crippen molar-refractivity contribution in [2.75, 3.05) is 0 Å². The number of allylic oxidation sites excluding steroid dienone is 1. The highest BCUT2D eigenvalue weighted by Gasteiger charge is 2.01. The molecular weight excluding hydrogens is 276 g/mol. The van der Waals surface area contributed by atoms with Crippen molar-refractivity contribution in [3.8, 4) is 0 Å². The minimum Gasteiger partial charge on any atom is -0.481 e. The smallest absolute Gasteiger partial charge is 0.303 e. The lowest BCUT2D eigenvalue weighted by Crippen LogP contribution is -2.04. The van der Waals surface area contributed by atoms with Crippen LogP contribution >= 0.6 is 0 Å². The van der Waals surface area contributed by atoms with E-state index >= 15 is 0 Å². The third-order valence-electron chi connectivity index (χ3n) is 3.98. The van der Waals surface area contributed by atoms with Crippen LogP contribution in [-0.2, 0) is 4.79 Å². The molecule has 0 saturated carbocycles. The van der Waals surface area contributed by atoms with E-state index in [2.05, 4.69) is 19.1 Å². The topological polar surface area (TPSA) is 57.5 Å². The van der Waals surface area contributed by atoms with Crippen molar-refractivity contribution in [1.29, 1.82) is 0 Å². The van der Waals surface area contributed by atoms with Gasteiger partial charge < -0.3 is 10.2 Å². The quantitative estimate of drug-likeness (QED) is 0.293. The van der Waals surface area contributed by atoms with E-state index in [-0.39, 0.29) is 6.10 Å². The van der Waals surface area contributed by atoms with E-state index in [4.69, 9.17) is 5.11 Å². The summed E-state index contributed by atoms with van der Waals surface area (Å²) >= 11 is 0. The van der Waals surface area contributed by atoms with Crippen LogP contribution < -0.4 is 0 Å². The minimum atomic E-state index is -0.687. The van der Waals surface area contributed by atoms with Crippen molar-refractivity contribution in [3.05, 3.63) is 12.2 Å². The minimum absolute atomic E-state index is 0.182. The number of carboxylic acids is 1. The van der Waals surface area contributed by atoms with Gasteiger partial charge in [0.15, 0.2) is 0 Å². The first-order valence-corrected chi connectivity index (χ1v) is 9.21. The number of hydrogen-bond donors (Lipinski definition) is 2. The molecular formula is C19H36O3. The molecule has 0 aromatic rings. The molecule has 22 heavy (non-hydrogen) atoms. The Morgan fingerprint density at radius 3 is 2.18 bits per heavy atom. The number of aliphatic hydroxyl groups is 1. The second-order valence-corrected chi connectivity index (χ2v) is 6.26. The summed E-state index contributed by atoms with van der Waals surface area (Å²) in [5.74, 6) is -0.687. The van der Waals surface area contributed by atoms with Gasteiger partial charge >= 0.3 is 5.97 Å². The van der Waals surface area contributed by atoms with E-state index in [0.29, 0.717) is 6.42 Å². The molecule has 0 radical (unpaired) electrons. The molecule has 0 heterocycles. The largest absolute Gasteiger partial charge is 0.481 e. The van der Waals surface area contributed by atoms with Gasteiger partial charge in [-0.2, -0.15) is 0 Å². The molecule has 0 fully saturated rings. The predicted molar refractivity (Wildman–Crippen MR) is 93.1 cm³/mol. The van der Waals surface area contributed by atoms with Crippen LogP contribution in [0.25, 0.3) is 0 Å². The van der Waals surface area contributed by atoms with Gasteiger partial charge in [0.05, 0.1) is 6.10 Å². The fourth-order valence-corrected chi connectivity index (χ4v) is 2.54. The normalized spacial score (nSPS) is 12.8. The summed E-state index contributed by atoms with van der Waals surface area (Å²) in [6.07, 6.45) is 18.7. The summed E-state index contributed by atoms with van der Waals surface area (Å²) in [5, 5.41) is 18.4. The van der Waals surface area contributed by atoms with Gasteiger partial charge in [0.1, 0.15) is 0 Å². The van der Waals surface area contributed by atoms with Crippen molar-refractivity contribution in [2.45, 2.75) is 103 Å². The maximum atomic E-state index is 10.3. The van der Waals surface area contributed by atoms with Crippen LogP contribution in [0.1, 0.15) is 96.8 Å². The Hall–Kier alpha value is -0.830. The van der Waals surface area contributed by atoms with E-state index in [0.717, 1.165) is 44.9 Å². The number of aliphatic carboxylic acids is 1. The third kappa shape index (κ3) is 17.2. The number of carbonyl (C=O) groups is 1. The predicted octanol–water partition coefficient (Wildman–Crippen LogP) is 5.47. The van der Waals surface area contributed by atoms with Crippen LogP contribution in [0.15, 0.2) is 12.2 Å². The second-order valence-electron chi connectivity index (χ2n) is 6.26. The molecule has 0 rings (SSSR count). The van der Waals surface area contributed by atoms with Gasteiger partial charge in [-0.05, 0) is 32.1 Å². The maximum absolute atomic E-state index is 10.3. The van der Waals surface area contributed by atoms with Gasteiger partial charge in [-0.25, -0.2) is 0 Å². The molecule has 0 aliphatic heterocycles. The summed E-state index contributed by atoms with van der Waals surface area (Å²) in [6.45, 7) is 2.21. The Bertz CT molecular complexity index is 274. The molecule has 0 aromatic carbocycles. The van der Waals surface area contributed by atoms with E-state index < -0.39 is 5.97 Å². The van der Waals surface area contributed by atoms with E-state index in [1.807, 2.05) is 0 Å². The van der Waals surface area contributed by atoms with Gasteiger partial charge in [-0.3, -0.25) is 4.79 Å². The monoisotopic (exact) mass is 312 g/mol. The average Bonchev–Trinajstić information content (AvgIpc) is 2.48. The van der Waals surface area contributed by atoms with Crippen molar-refractivity contribution in [2.24, 2.45) is 0 Å². The highest BCUT2D eigenvalue weighted by atomic mass is 16.4. The van der Waals surface area contributed by atoms with Crippen molar-refractivity contribution < 1.29 is 15.0 Å². The fraction of sp³-hybridized carbons (Fsp3) is 0.842. The van der Waals surface area contributed by atoms with Crippen LogP contribution in [-0.4, -0.2) is 22.3 Å². The number of hydrogen-bond acceptors (Lipinski definition) is 2. The average molecular weight is 312 g/mol. The molecule has 0 bridgehead atoms. The molecule has 0 aliphatic rings. The molecule has 3 heteroatoms. The lowest BCUT2D eigenvalue weighted by molar-refractivity contribution is -0.137. The maximum Gasteiger partial charge on any atom is 0.303 e. The summed E-state index contributed by atoms with van der Waals surface area (Å²) in [7, 11) is 0. The lowest BCUT2D eigenvalue weighted by Gasteiger charge is -2.07. The van der Waals surface area contributed by atoms with Gasteiger partial charge in [0.2, 0.25) is 0 Å². The second kappa shape index (κ2) is 16.5. The molecule has 0 aromatic heterocycles. The van der Waals surface area contributed by atoms with Gasteiger partial charge in [0, 0.05) is 6.42 Å². The summed E-state index contributed by atoms with van der Waals surface area (Å²) < 4.78 is 0. The van der Waals surface area contributed by atoms with Crippen LogP contribution in [0.2, 0.25) is 0 Å². The van der Waals surface area contributed by atoms with Crippen molar-refractivity contribution in [3.63, 3.8) is 0 Å². The zero-order valence-electron chi connectivity index (χ0n) is 14.4. The van der Waals surface area contributed by atoms with Crippen LogP contribution in [0.5, 0.6) is 0 Å². The Labute approximate surface area is 136 Å². The molecule has 130 valence electrons. The molecule has 3 nitrogen and oxygen atoms in total. The summed E-state index contributed by atoms with van der Waals surface area (Å²) in [4.78, 5) is 10.3. The number of carboxylic acid groups (broad SMARTS) is 1. The van der Waals surface area contributed by atoms with E-state index in [9.17, 15) is 9.90 Å². The molecule has 0 amide bonds. The molecule has 1 unspecified atom stereocenters. The zero-order chi connectivity index (χ0) is 16.5. The van der Waals surface area contributed by atoms with Gasteiger partial charge in [-0.1, -0.05) is 70.4 Å². The number of aliphatic hydroxyl groups excluding tert-OH is 1. The first kappa shape index (κ1) is 21.2. The molecule has 1 atom stereocenters. The Balaban J connectivity index is 3.24. The first-order valence-electron chi connectivity index (χ1n) is 9.21. The summed E-state index contributed by atoms with van der Waals surface area (Å²) in [5.41, 5.74) is 0. The molecule has 0 spiro atoms. The standard InChI is InChI=1S/C19H36O3/c1-2-3-4-5-9-12-15-18(20)16-13-10-7-6-8-11-14-17-19(21)22/h9,12,18,20H,2-8,10-11,13-17H2,1H3,(H,21,22). The lowest BCUT2D eigenvalue weighted by atomic mass is 10.0. The van der Waals surface area contributed by atoms with E-state index in [1.165, 1.54) is 38.5 Å². The van der Waals surface area contributed by atoms with Gasteiger partial charge in [-0.15, -0.1) is 0 Å². The Morgan fingerprint density at radius 2 is 1.55 bits per heavy atom. The fourth-order valence-electron chi connectivity index (χ4n) is 2.54. The SMILES string of the molecule is CCCCCC=CCC(O)CCCCCCCCCC(=O)O. The van der Waals surface area contributed by atoms with E-state index in [1.54, 1.807) is 0 Å². The number of unbranched alkanes of at least 4 members (excludes halogenated alkanes) is 9. The Kier molecular flexibility index (Phi) is 15.9. The van der Waals surface area contributed by atoms with Crippen molar-refractivity contribution in [1.82, 2.24) is 0 Å². The molecule has 0 aliphatic carbocycles. The number of rotatable bonds is 16. The van der Waals surface area contributed by atoms with Crippen LogP contribution in [0, 0.1) is 0 Å². The zero-order valence-corrected chi connectivity index (χ0v) is 14.4. The summed E-state index contributed by atoms with van der Waals surface area (Å²) in [6, 6.07) is 0. The first-order chi connectivity index (χ1) is 10.7. The highest BCUT2D eigenvalue weighted by Crippen LogP contribution is 2.12. The highest BCUT2D eigenvalue weighted by molar-refractivity contribution is 5.66. The van der Waals surface area contributed by atoms with Crippen LogP contribution in [0.3, 0.4) is 0 Å². The van der Waals surface area contributed by atoms with Gasteiger partial charge in [0.25, 0.3) is 0 Å². The van der Waals surface area contributed by atoms with Crippen molar-refractivity contribution >= 4 is 5.97 Å². The Morgan fingerprint density at radius 1 is 0.909 bits per heavy atom. The molecule has 2 N–H and O–H groups in total.